The highest BCUT2D eigenvalue weighted by atomic mass is 19.1. The smallest absolute Gasteiger partial charge is 0.399 e. The molecule has 1 aliphatic heterocycles. The fourth-order valence-electron chi connectivity index (χ4n) is 4.71. The Morgan fingerprint density at radius 1 is 1.08 bits per heavy atom. The normalized spacial score (nSPS) is 21.7. The Balaban J connectivity index is 1.19. The third kappa shape index (κ3) is 5.80. The number of rotatable bonds is 7. The molecule has 2 atom stereocenters. The van der Waals surface area contributed by atoms with Gasteiger partial charge in [0.1, 0.15) is 0 Å². The number of nitrogens with two attached hydrogens (primary N) is 1. The van der Waals surface area contributed by atoms with Crippen molar-refractivity contribution in [3.63, 3.8) is 0 Å². The molecule has 9 nitrogen and oxygen atoms in total. The summed E-state index contributed by atoms with van der Waals surface area (Å²) in [7, 11) is -0.409. The lowest BCUT2D eigenvalue weighted by molar-refractivity contribution is 0.00578. The first-order chi connectivity index (χ1) is 18.5. The molecule has 1 aromatic carbocycles. The summed E-state index contributed by atoms with van der Waals surface area (Å²) in [6.07, 6.45) is 5.17. The second kappa shape index (κ2) is 10.6. The quantitative estimate of drug-likeness (QED) is 0.350. The molecule has 11 heteroatoms. The lowest BCUT2D eigenvalue weighted by atomic mass is 9.79. The van der Waals surface area contributed by atoms with Crippen LogP contribution in [0.5, 0.6) is 0 Å². The fourth-order valence-corrected chi connectivity index (χ4v) is 4.71. The maximum Gasteiger partial charge on any atom is 0.494 e. The molecule has 5 rings (SSSR count). The molecule has 3 heterocycles. The van der Waals surface area contributed by atoms with Crippen LogP contribution in [0.2, 0.25) is 0 Å². The number of benzene rings is 1. The number of halogens is 1. The molecule has 1 amide bonds. The van der Waals surface area contributed by atoms with Gasteiger partial charge in [-0.3, -0.25) is 4.79 Å². The van der Waals surface area contributed by atoms with E-state index in [4.69, 9.17) is 19.8 Å². The Morgan fingerprint density at radius 3 is 2.46 bits per heavy atom. The first-order valence-electron chi connectivity index (χ1n) is 13.1. The number of nitrogen functional groups attached to an aromatic ring is 1. The molecule has 0 radical (unpaired) electrons. The van der Waals surface area contributed by atoms with E-state index in [-0.39, 0.29) is 23.7 Å². The predicted molar refractivity (Wildman–Crippen MR) is 145 cm³/mol. The van der Waals surface area contributed by atoms with Gasteiger partial charge in [-0.2, -0.15) is 4.39 Å². The topological polar surface area (TPSA) is 121 Å². The number of aromatic nitrogens is 3. The van der Waals surface area contributed by atoms with E-state index in [1.807, 2.05) is 52.0 Å². The SMILES string of the molecule is CC1(C)OB(c2ccc(CO[C@H]3CCC[C@@H]3NC(=O)c3nc(-c4ccc(F)nc4)cnc3N)cc2)OC1(C)C. The van der Waals surface area contributed by atoms with Gasteiger partial charge in [0.15, 0.2) is 11.5 Å². The van der Waals surface area contributed by atoms with Crippen LogP contribution < -0.4 is 16.5 Å². The number of amides is 1. The summed E-state index contributed by atoms with van der Waals surface area (Å²) < 4.78 is 31.7. The van der Waals surface area contributed by atoms with E-state index in [0.29, 0.717) is 17.9 Å². The summed E-state index contributed by atoms with van der Waals surface area (Å²) in [5.41, 5.74) is 8.08. The molecular weight excluding hydrogens is 500 g/mol. The van der Waals surface area contributed by atoms with Crippen molar-refractivity contribution in [3.8, 4) is 11.3 Å². The van der Waals surface area contributed by atoms with Crippen LogP contribution in [0.3, 0.4) is 0 Å². The number of nitrogens with one attached hydrogen (secondary N) is 1. The summed E-state index contributed by atoms with van der Waals surface area (Å²) in [5.74, 6) is -1.01. The van der Waals surface area contributed by atoms with Gasteiger partial charge in [-0.1, -0.05) is 24.3 Å². The van der Waals surface area contributed by atoms with Gasteiger partial charge in [-0.05, 0) is 70.1 Å². The van der Waals surface area contributed by atoms with Gasteiger partial charge < -0.3 is 25.1 Å². The highest BCUT2D eigenvalue weighted by Gasteiger charge is 2.51. The van der Waals surface area contributed by atoms with Crippen LogP contribution in [0.4, 0.5) is 10.2 Å². The fraction of sp³-hybridized carbons (Fsp3) is 0.429. The van der Waals surface area contributed by atoms with Crippen LogP contribution in [0.1, 0.15) is 63.0 Å². The molecule has 3 N–H and O–H groups in total. The average molecular weight is 533 g/mol. The first-order valence-corrected chi connectivity index (χ1v) is 13.1. The van der Waals surface area contributed by atoms with Crippen LogP contribution in [-0.2, 0) is 20.7 Å². The molecule has 1 aliphatic carbocycles. The molecule has 2 aliphatic rings. The Morgan fingerprint density at radius 2 is 1.79 bits per heavy atom. The van der Waals surface area contributed by atoms with Crippen molar-refractivity contribution in [2.45, 2.75) is 76.9 Å². The highest BCUT2D eigenvalue weighted by Crippen LogP contribution is 2.36. The van der Waals surface area contributed by atoms with Crippen LogP contribution in [0, 0.1) is 5.95 Å². The van der Waals surface area contributed by atoms with Crippen molar-refractivity contribution in [1.29, 1.82) is 0 Å². The molecule has 2 fully saturated rings. The van der Waals surface area contributed by atoms with E-state index < -0.39 is 30.2 Å². The number of carbonyl (C=O) groups is 1. The van der Waals surface area contributed by atoms with E-state index in [2.05, 4.69) is 20.3 Å². The molecule has 0 bridgehead atoms. The molecule has 2 aromatic heterocycles. The number of carbonyl (C=O) groups excluding carboxylic acids is 1. The summed E-state index contributed by atoms with van der Waals surface area (Å²) in [6.45, 7) is 8.55. The largest absolute Gasteiger partial charge is 0.494 e. The number of ether oxygens (including phenoxy) is 1. The number of nitrogens with zero attached hydrogens (tertiary/aromatic N) is 3. The van der Waals surface area contributed by atoms with Gasteiger partial charge in [-0.25, -0.2) is 15.0 Å². The molecule has 3 aromatic rings. The summed E-state index contributed by atoms with van der Waals surface area (Å²) >= 11 is 0. The molecule has 39 heavy (non-hydrogen) atoms. The summed E-state index contributed by atoms with van der Waals surface area (Å²) in [5, 5.41) is 3.02. The zero-order valence-corrected chi connectivity index (χ0v) is 22.6. The average Bonchev–Trinajstić information content (AvgIpc) is 3.43. The lowest BCUT2D eigenvalue weighted by Gasteiger charge is -2.32. The molecule has 1 saturated heterocycles. The first kappa shape index (κ1) is 27.2. The minimum atomic E-state index is -0.603. The second-order valence-corrected chi connectivity index (χ2v) is 11.0. The van der Waals surface area contributed by atoms with Gasteiger partial charge in [0.05, 0.1) is 41.8 Å². The van der Waals surface area contributed by atoms with Crippen molar-refractivity contribution in [1.82, 2.24) is 20.3 Å². The molecule has 0 spiro atoms. The Kier molecular flexibility index (Phi) is 7.41. The van der Waals surface area contributed by atoms with Gasteiger partial charge in [0.25, 0.3) is 5.91 Å². The van der Waals surface area contributed by atoms with Gasteiger partial charge in [0, 0.05) is 11.8 Å². The molecule has 0 unspecified atom stereocenters. The van der Waals surface area contributed by atoms with Gasteiger partial charge >= 0.3 is 7.12 Å². The van der Waals surface area contributed by atoms with Crippen molar-refractivity contribution in [2.75, 3.05) is 5.73 Å². The molecular formula is C28H33BFN5O4. The number of hydrogen-bond acceptors (Lipinski definition) is 8. The number of pyridine rings is 1. The summed E-state index contributed by atoms with van der Waals surface area (Å²) in [6, 6.07) is 10.6. The minimum absolute atomic E-state index is 0.0146. The third-order valence-corrected chi connectivity index (χ3v) is 7.78. The van der Waals surface area contributed by atoms with E-state index >= 15 is 0 Å². The lowest BCUT2D eigenvalue weighted by Crippen LogP contribution is -2.41. The van der Waals surface area contributed by atoms with E-state index in [1.54, 1.807) is 0 Å². The van der Waals surface area contributed by atoms with Crippen LogP contribution in [0.15, 0.2) is 48.8 Å². The van der Waals surface area contributed by atoms with Gasteiger partial charge in [-0.15, -0.1) is 0 Å². The Hall–Kier alpha value is -3.41. The van der Waals surface area contributed by atoms with Crippen molar-refractivity contribution in [3.05, 3.63) is 66.0 Å². The van der Waals surface area contributed by atoms with Crippen molar-refractivity contribution in [2.24, 2.45) is 0 Å². The standard InChI is InChI=1S/C28H33BFN5O4/c1-27(2)28(3,4)39-29(38-27)19-11-8-17(9-12-19)16-37-22-7-5-6-20(22)35-26(36)24-25(31)33-15-21(34-24)18-10-13-23(30)32-14-18/h8-15,20,22H,5-7,16H2,1-4H3,(H2,31,33)(H,35,36)/t20-,22-/m0/s1. The Bertz CT molecular complexity index is 1320. The number of hydrogen-bond donors (Lipinski definition) is 2. The monoisotopic (exact) mass is 533 g/mol. The predicted octanol–water partition coefficient (Wildman–Crippen LogP) is 3.43. The van der Waals surface area contributed by atoms with Crippen molar-refractivity contribution < 1.29 is 23.2 Å². The zero-order chi connectivity index (χ0) is 27.8. The summed E-state index contributed by atoms with van der Waals surface area (Å²) in [4.78, 5) is 25.2. The van der Waals surface area contributed by atoms with E-state index in [1.165, 1.54) is 24.5 Å². The Labute approximate surface area is 227 Å². The van der Waals surface area contributed by atoms with Crippen LogP contribution >= 0.6 is 0 Å². The highest BCUT2D eigenvalue weighted by molar-refractivity contribution is 6.62. The maximum absolute atomic E-state index is 13.2. The van der Waals surface area contributed by atoms with E-state index in [9.17, 15) is 9.18 Å². The molecule has 1 saturated carbocycles. The van der Waals surface area contributed by atoms with Crippen molar-refractivity contribution >= 4 is 24.3 Å². The zero-order valence-electron chi connectivity index (χ0n) is 22.6. The van der Waals surface area contributed by atoms with Crippen LogP contribution in [0.25, 0.3) is 11.3 Å². The van der Waals surface area contributed by atoms with Gasteiger partial charge in [0.2, 0.25) is 5.95 Å². The number of anilines is 1. The third-order valence-electron chi connectivity index (χ3n) is 7.78. The van der Waals surface area contributed by atoms with Crippen LogP contribution in [-0.4, -0.2) is 51.3 Å². The second-order valence-electron chi connectivity index (χ2n) is 11.0. The molecule has 204 valence electrons. The minimum Gasteiger partial charge on any atom is -0.399 e. The van der Waals surface area contributed by atoms with E-state index in [0.717, 1.165) is 30.3 Å². The maximum atomic E-state index is 13.2.